The number of carbonyl (C=O) groups excluding carboxylic acids is 1. The summed E-state index contributed by atoms with van der Waals surface area (Å²) in [6.45, 7) is 0.461. The molecule has 1 aliphatic rings. The molecule has 0 amide bonds. The summed E-state index contributed by atoms with van der Waals surface area (Å²) in [4.78, 5) is 11.5. The molecule has 3 nitrogen and oxygen atoms in total. The lowest BCUT2D eigenvalue weighted by Crippen LogP contribution is -2.43. The minimum atomic E-state index is -1.58. The SMILES string of the molecule is COC(=O)C1CCNC(C(F)c2cc(F)cc(F)c2)C1. The van der Waals surface area contributed by atoms with Gasteiger partial charge in [0.1, 0.15) is 17.8 Å². The first-order chi connectivity index (χ1) is 9.51. The van der Waals surface area contributed by atoms with Crippen molar-refractivity contribution in [3.63, 3.8) is 0 Å². The Morgan fingerprint density at radius 3 is 2.60 bits per heavy atom. The second kappa shape index (κ2) is 6.26. The predicted molar refractivity (Wildman–Crippen MR) is 66.7 cm³/mol. The standard InChI is InChI=1S/C14H16F3NO2/c1-20-14(19)8-2-3-18-12(6-8)13(17)9-4-10(15)7-11(16)5-9/h4-5,7-8,12-13,18H,2-3,6H2,1H3. The zero-order valence-electron chi connectivity index (χ0n) is 11.0. The first-order valence-electron chi connectivity index (χ1n) is 6.42. The number of benzene rings is 1. The zero-order valence-corrected chi connectivity index (χ0v) is 11.0. The van der Waals surface area contributed by atoms with E-state index in [1.54, 1.807) is 0 Å². The summed E-state index contributed by atoms with van der Waals surface area (Å²) in [7, 11) is 1.29. The molecule has 20 heavy (non-hydrogen) atoms. The average molecular weight is 287 g/mol. The van der Waals surface area contributed by atoms with E-state index in [0.717, 1.165) is 12.1 Å². The molecule has 0 saturated carbocycles. The molecule has 0 bridgehead atoms. The van der Waals surface area contributed by atoms with Crippen LogP contribution in [0.25, 0.3) is 0 Å². The summed E-state index contributed by atoms with van der Waals surface area (Å²) in [5.41, 5.74) is -0.0643. The van der Waals surface area contributed by atoms with Crippen molar-refractivity contribution in [3.05, 3.63) is 35.4 Å². The van der Waals surface area contributed by atoms with Crippen LogP contribution < -0.4 is 5.32 Å². The van der Waals surface area contributed by atoms with Gasteiger partial charge in [-0.2, -0.15) is 0 Å². The Kier molecular flexibility index (Phi) is 4.65. The second-order valence-corrected chi connectivity index (χ2v) is 4.91. The van der Waals surface area contributed by atoms with Gasteiger partial charge in [-0.3, -0.25) is 4.79 Å². The lowest BCUT2D eigenvalue weighted by atomic mass is 9.88. The maximum absolute atomic E-state index is 14.4. The van der Waals surface area contributed by atoms with Gasteiger partial charge in [0.05, 0.1) is 13.0 Å². The molecular formula is C14H16F3NO2. The molecule has 3 unspecified atom stereocenters. The number of hydrogen-bond donors (Lipinski definition) is 1. The van der Waals surface area contributed by atoms with Crippen LogP contribution in [0.3, 0.4) is 0 Å². The van der Waals surface area contributed by atoms with Crippen molar-refractivity contribution in [2.24, 2.45) is 5.92 Å². The number of methoxy groups -OCH3 is 1. The smallest absolute Gasteiger partial charge is 0.308 e. The van der Waals surface area contributed by atoms with Crippen LogP contribution in [0, 0.1) is 17.6 Å². The van der Waals surface area contributed by atoms with Crippen LogP contribution in [-0.2, 0) is 9.53 Å². The normalized spacial score (nSPS) is 24.2. The Hall–Kier alpha value is -1.56. The van der Waals surface area contributed by atoms with Gasteiger partial charge in [-0.1, -0.05) is 0 Å². The first kappa shape index (κ1) is 14.8. The molecule has 1 aromatic rings. The van der Waals surface area contributed by atoms with Crippen LogP contribution in [0.4, 0.5) is 13.2 Å². The van der Waals surface area contributed by atoms with Crippen LogP contribution >= 0.6 is 0 Å². The molecule has 1 aliphatic heterocycles. The third-order valence-electron chi connectivity index (χ3n) is 3.53. The highest BCUT2D eigenvalue weighted by Gasteiger charge is 2.33. The van der Waals surface area contributed by atoms with Gasteiger partial charge in [-0.05, 0) is 37.1 Å². The number of piperidine rings is 1. The number of esters is 1. The third kappa shape index (κ3) is 3.30. The molecule has 6 heteroatoms. The van der Waals surface area contributed by atoms with Gasteiger partial charge in [0, 0.05) is 12.1 Å². The molecule has 0 radical (unpaired) electrons. The summed E-state index contributed by atoms with van der Waals surface area (Å²) >= 11 is 0. The zero-order chi connectivity index (χ0) is 14.7. The Balaban J connectivity index is 2.11. The lowest BCUT2D eigenvalue weighted by Gasteiger charge is -2.31. The van der Waals surface area contributed by atoms with Gasteiger partial charge in [0.15, 0.2) is 0 Å². The number of hydrogen-bond acceptors (Lipinski definition) is 3. The number of ether oxygens (including phenoxy) is 1. The molecule has 0 aliphatic carbocycles. The van der Waals surface area contributed by atoms with Crippen molar-refractivity contribution in [3.8, 4) is 0 Å². The molecule has 1 N–H and O–H groups in total. The summed E-state index contributed by atoms with van der Waals surface area (Å²) in [5, 5.41) is 2.94. The van der Waals surface area contributed by atoms with E-state index in [1.165, 1.54) is 7.11 Å². The highest BCUT2D eigenvalue weighted by molar-refractivity contribution is 5.72. The maximum Gasteiger partial charge on any atom is 0.308 e. The Bertz CT molecular complexity index is 475. The quantitative estimate of drug-likeness (QED) is 0.868. The van der Waals surface area contributed by atoms with E-state index in [-0.39, 0.29) is 23.9 Å². The molecule has 1 saturated heterocycles. The highest BCUT2D eigenvalue weighted by Crippen LogP contribution is 2.30. The summed E-state index contributed by atoms with van der Waals surface area (Å²) in [6, 6.07) is 1.98. The number of carbonyl (C=O) groups is 1. The molecule has 0 spiro atoms. The number of alkyl halides is 1. The molecule has 1 aromatic carbocycles. The van der Waals surface area contributed by atoms with Crippen molar-refractivity contribution < 1.29 is 22.7 Å². The van der Waals surface area contributed by atoms with E-state index in [1.807, 2.05) is 0 Å². The highest BCUT2D eigenvalue weighted by atomic mass is 19.1. The Labute approximate surface area is 115 Å². The average Bonchev–Trinajstić information content (AvgIpc) is 2.44. The number of rotatable bonds is 3. The van der Waals surface area contributed by atoms with E-state index in [0.29, 0.717) is 19.0 Å². The van der Waals surface area contributed by atoms with Crippen molar-refractivity contribution in [1.82, 2.24) is 5.32 Å². The molecule has 110 valence electrons. The molecule has 1 fully saturated rings. The minimum Gasteiger partial charge on any atom is -0.469 e. The number of halogens is 3. The topological polar surface area (TPSA) is 38.3 Å². The fourth-order valence-electron chi connectivity index (χ4n) is 2.52. The summed E-state index contributed by atoms with van der Waals surface area (Å²) in [6.07, 6.45) is -0.771. The van der Waals surface area contributed by atoms with Crippen LogP contribution in [-0.4, -0.2) is 25.7 Å². The molecule has 1 heterocycles. The lowest BCUT2D eigenvalue weighted by molar-refractivity contribution is -0.146. The molecule has 2 rings (SSSR count). The van der Waals surface area contributed by atoms with E-state index >= 15 is 0 Å². The van der Waals surface area contributed by atoms with Gasteiger partial charge in [0.2, 0.25) is 0 Å². The number of nitrogens with one attached hydrogen (secondary N) is 1. The first-order valence-corrected chi connectivity index (χ1v) is 6.42. The predicted octanol–water partition coefficient (Wildman–Crippen LogP) is 2.52. The Morgan fingerprint density at radius 1 is 1.35 bits per heavy atom. The molecular weight excluding hydrogens is 271 g/mol. The van der Waals surface area contributed by atoms with Crippen LogP contribution in [0.2, 0.25) is 0 Å². The van der Waals surface area contributed by atoms with E-state index in [4.69, 9.17) is 0 Å². The van der Waals surface area contributed by atoms with Gasteiger partial charge in [-0.25, -0.2) is 13.2 Å². The van der Waals surface area contributed by atoms with Crippen molar-refractivity contribution >= 4 is 5.97 Å². The largest absolute Gasteiger partial charge is 0.469 e. The third-order valence-corrected chi connectivity index (χ3v) is 3.53. The minimum absolute atomic E-state index is 0.0643. The van der Waals surface area contributed by atoms with Gasteiger partial charge >= 0.3 is 5.97 Å². The van der Waals surface area contributed by atoms with Crippen LogP contribution in [0.15, 0.2) is 18.2 Å². The van der Waals surface area contributed by atoms with Gasteiger partial charge < -0.3 is 10.1 Å². The maximum atomic E-state index is 14.4. The van der Waals surface area contributed by atoms with Gasteiger partial charge in [-0.15, -0.1) is 0 Å². The molecule has 3 atom stereocenters. The van der Waals surface area contributed by atoms with Crippen molar-refractivity contribution in [2.75, 3.05) is 13.7 Å². The van der Waals surface area contributed by atoms with Crippen LogP contribution in [0.5, 0.6) is 0 Å². The monoisotopic (exact) mass is 287 g/mol. The second-order valence-electron chi connectivity index (χ2n) is 4.91. The summed E-state index contributed by atoms with van der Waals surface area (Å²) < 4.78 is 45.3. The van der Waals surface area contributed by atoms with Crippen molar-refractivity contribution in [1.29, 1.82) is 0 Å². The van der Waals surface area contributed by atoms with E-state index < -0.39 is 23.8 Å². The fraction of sp³-hybridized carbons (Fsp3) is 0.500. The van der Waals surface area contributed by atoms with Crippen molar-refractivity contribution in [2.45, 2.75) is 25.1 Å². The van der Waals surface area contributed by atoms with E-state index in [2.05, 4.69) is 10.1 Å². The Morgan fingerprint density at radius 2 is 2.00 bits per heavy atom. The molecule has 0 aromatic heterocycles. The fourth-order valence-corrected chi connectivity index (χ4v) is 2.52. The summed E-state index contributed by atoms with van der Waals surface area (Å²) in [5.74, 6) is -2.40. The van der Waals surface area contributed by atoms with E-state index in [9.17, 15) is 18.0 Å². The van der Waals surface area contributed by atoms with Crippen LogP contribution in [0.1, 0.15) is 24.6 Å². The van der Waals surface area contributed by atoms with Gasteiger partial charge in [0.25, 0.3) is 0 Å².